The Morgan fingerprint density at radius 3 is 2.75 bits per heavy atom. The van der Waals surface area contributed by atoms with Crippen LogP contribution in [0.1, 0.15) is 31.2 Å². The Morgan fingerprint density at radius 1 is 1.33 bits per heavy atom. The first-order chi connectivity index (χ1) is 11.5. The van der Waals surface area contributed by atoms with E-state index in [2.05, 4.69) is 4.90 Å². The van der Waals surface area contributed by atoms with Crippen LogP contribution < -0.4 is 4.74 Å². The second kappa shape index (κ2) is 7.09. The Hall–Kier alpha value is -1.63. The van der Waals surface area contributed by atoms with Crippen molar-refractivity contribution < 1.29 is 24.5 Å². The summed E-state index contributed by atoms with van der Waals surface area (Å²) < 4.78 is 11.0. The molecule has 1 aromatic rings. The lowest BCUT2D eigenvalue weighted by molar-refractivity contribution is -0.139. The number of benzene rings is 1. The summed E-state index contributed by atoms with van der Waals surface area (Å²) in [6.45, 7) is 1.42. The monoisotopic (exact) mass is 335 g/mol. The number of nitrogens with zero attached hydrogens (tertiary/aromatic N) is 1. The maximum Gasteiger partial charge on any atom is 0.341 e. The molecule has 1 heterocycles. The van der Waals surface area contributed by atoms with E-state index in [9.17, 15) is 9.90 Å². The third-order valence-electron chi connectivity index (χ3n) is 5.34. The third kappa shape index (κ3) is 3.55. The first-order valence-corrected chi connectivity index (χ1v) is 8.43. The van der Waals surface area contributed by atoms with Gasteiger partial charge in [-0.25, -0.2) is 4.79 Å². The predicted octanol–water partition coefficient (Wildman–Crippen LogP) is 1.65. The van der Waals surface area contributed by atoms with Gasteiger partial charge in [0.05, 0.1) is 11.7 Å². The molecule has 1 saturated carbocycles. The van der Waals surface area contributed by atoms with Crippen LogP contribution in [0.25, 0.3) is 0 Å². The van der Waals surface area contributed by atoms with Gasteiger partial charge in [0, 0.05) is 26.2 Å². The fourth-order valence-corrected chi connectivity index (χ4v) is 4.03. The Balaban J connectivity index is 1.64. The molecule has 1 aliphatic heterocycles. The SMILES string of the molecule is CO[C@@]12CC[C@@H](O)C[C@@H]1N(Cc1ccc(OCC(=O)O)cc1)CC2. The Kier molecular flexibility index (Phi) is 5.08. The molecule has 0 unspecified atom stereocenters. The van der Waals surface area contributed by atoms with Gasteiger partial charge >= 0.3 is 5.97 Å². The van der Waals surface area contributed by atoms with Gasteiger partial charge in [0.25, 0.3) is 0 Å². The molecule has 6 nitrogen and oxygen atoms in total. The number of carbonyl (C=O) groups is 1. The summed E-state index contributed by atoms with van der Waals surface area (Å²) in [5.41, 5.74) is 1.02. The summed E-state index contributed by atoms with van der Waals surface area (Å²) in [4.78, 5) is 12.9. The van der Waals surface area contributed by atoms with E-state index in [1.165, 1.54) is 0 Å². The van der Waals surface area contributed by atoms with Crippen LogP contribution in [-0.4, -0.2) is 59.1 Å². The number of aliphatic hydroxyl groups excluding tert-OH is 1. The highest BCUT2D eigenvalue weighted by molar-refractivity contribution is 5.68. The molecule has 0 amide bonds. The first-order valence-electron chi connectivity index (χ1n) is 8.43. The molecule has 3 rings (SSSR count). The Bertz CT molecular complexity index is 575. The first kappa shape index (κ1) is 17.2. The number of likely N-dealkylation sites (tertiary alicyclic amines) is 1. The fourth-order valence-electron chi connectivity index (χ4n) is 4.03. The predicted molar refractivity (Wildman–Crippen MR) is 88.0 cm³/mol. The smallest absolute Gasteiger partial charge is 0.341 e. The van der Waals surface area contributed by atoms with E-state index in [4.69, 9.17) is 14.6 Å². The number of carboxylic acid groups (broad SMARTS) is 1. The lowest BCUT2D eigenvalue weighted by Crippen LogP contribution is -2.51. The van der Waals surface area contributed by atoms with E-state index in [0.29, 0.717) is 5.75 Å². The van der Waals surface area contributed by atoms with Crippen molar-refractivity contribution in [3.05, 3.63) is 29.8 Å². The molecule has 0 bridgehead atoms. The lowest BCUT2D eigenvalue weighted by atomic mass is 9.79. The third-order valence-corrected chi connectivity index (χ3v) is 5.34. The molecule has 0 radical (unpaired) electrons. The van der Waals surface area contributed by atoms with Crippen molar-refractivity contribution in [1.29, 1.82) is 0 Å². The van der Waals surface area contributed by atoms with E-state index in [0.717, 1.165) is 44.3 Å². The van der Waals surface area contributed by atoms with Crippen LogP contribution in [0.3, 0.4) is 0 Å². The molecule has 1 aliphatic carbocycles. The van der Waals surface area contributed by atoms with E-state index in [1.54, 1.807) is 19.2 Å². The van der Waals surface area contributed by atoms with Crippen LogP contribution >= 0.6 is 0 Å². The number of aliphatic carboxylic acids is 1. The summed E-state index contributed by atoms with van der Waals surface area (Å²) in [7, 11) is 1.78. The average Bonchev–Trinajstić information content (AvgIpc) is 2.93. The van der Waals surface area contributed by atoms with Gasteiger partial charge in [-0.05, 0) is 43.4 Å². The van der Waals surface area contributed by atoms with Crippen molar-refractivity contribution in [2.75, 3.05) is 20.3 Å². The number of ether oxygens (including phenoxy) is 2. The number of hydrogen-bond donors (Lipinski definition) is 2. The van der Waals surface area contributed by atoms with Gasteiger partial charge in [0.15, 0.2) is 6.61 Å². The molecule has 0 aromatic heterocycles. The van der Waals surface area contributed by atoms with Gasteiger partial charge < -0.3 is 19.7 Å². The van der Waals surface area contributed by atoms with Gasteiger partial charge in [-0.15, -0.1) is 0 Å². The van der Waals surface area contributed by atoms with Crippen molar-refractivity contribution in [3.63, 3.8) is 0 Å². The molecule has 2 fully saturated rings. The number of rotatable bonds is 6. The number of hydrogen-bond acceptors (Lipinski definition) is 5. The molecule has 1 saturated heterocycles. The normalized spacial score (nSPS) is 30.1. The minimum Gasteiger partial charge on any atom is -0.482 e. The van der Waals surface area contributed by atoms with Crippen molar-refractivity contribution in [2.45, 2.75) is 50.0 Å². The summed E-state index contributed by atoms with van der Waals surface area (Å²) in [5.74, 6) is -0.426. The van der Waals surface area contributed by atoms with E-state index < -0.39 is 5.97 Å². The van der Waals surface area contributed by atoms with Gasteiger partial charge in [-0.2, -0.15) is 0 Å². The molecule has 132 valence electrons. The fraction of sp³-hybridized carbons (Fsp3) is 0.611. The molecular weight excluding hydrogens is 310 g/mol. The average molecular weight is 335 g/mol. The number of methoxy groups -OCH3 is 1. The second-order valence-electron chi connectivity index (χ2n) is 6.76. The van der Waals surface area contributed by atoms with Gasteiger partial charge in [-0.3, -0.25) is 4.90 Å². The van der Waals surface area contributed by atoms with E-state index >= 15 is 0 Å². The number of fused-ring (bicyclic) bond motifs is 1. The van der Waals surface area contributed by atoms with E-state index in [1.807, 2.05) is 12.1 Å². The minimum absolute atomic E-state index is 0.121. The van der Waals surface area contributed by atoms with Crippen molar-refractivity contribution >= 4 is 5.97 Å². The Morgan fingerprint density at radius 2 is 2.08 bits per heavy atom. The van der Waals surface area contributed by atoms with Gasteiger partial charge in [0.1, 0.15) is 5.75 Å². The molecular formula is C18H25NO5. The van der Waals surface area contributed by atoms with Crippen LogP contribution in [-0.2, 0) is 16.1 Å². The van der Waals surface area contributed by atoms with Crippen LogP contribution in [0.2, 0.25) is 0 Å². The molecule has 3 atom stereocenters. The summed E-state index contributed by atoms with van der Waals surface area (Å²) in [5, 5.41) is 18.7. The minimum atomic E-state index is -0.983. The molecule has 24 heavy (non-hydrogen) atoms. The highest BCUT2D eigenvalue weighted by atomic mass is 16.5. The topological polar surface area (TPSA) is 79.2 Å². The van der Waals surface area contributed by atoms with Crippen LogP contribution in [0.15, 0.2) is 24.3 Å². The summed E-state index contributed by atoms with van der Waals surface area (Å²) in [6, 6.07) is 7.77. The van der Waals surface area contributed by atoms with Crippen LogP contribution in [0.4, 0.5) is 0 Å². The quantitative estimate of drug-likeness (QED) is 0.823. The lowest BCUT2D eigenvalue weighted by Gasteiger charge is -2.42. The van der Waals surface area contributed by atoms with Crippen LogP contribution in [0.5, 0.6) is 5.75 Å². The molecule has 2 N–H and O–H groups in total. The van der Waals surface area contributed by atoms with Crippen molar-refractivity contribution in [1.82, 2.24) is 4.90 Å². The largest absolute Gasteiger partial charge is 0.482 e. The molecule has 6 heteroatoms. The summed E-state index contributed by atoms with van der Waals surface area (Å²) >= 11 is 0. The second-order valence-corrected chi connectivity index (χ2v) is 6.76. The molecule has 0 spiro atoms. The number of carboxylic acids is 1. The van der Waals surface area contributed by atoms with Crippen LogP contribution in [0, 0.1) is 0 Å². The number of aliphatic hydroxyl groups is 1. The maximum atomic E-state index is 10.5. The summed E-state index contributed by atoms with van der Waals surface area (Å²) in [6.07, 6.45) is 3.24. The highest BCUT2D eigenvalue weighted by Gasteiger charge is 2.50. The molecule has 1 aromatic carbocycles. The van der Waals surface area contributed by atoms with Gasteiger partial charge in [-0.1, -0.05) is 12.1 Å². The zero-order valence-corrected chi connectivity index (χ0v) is 14.0. The zero-order chi connectivity index (χ0) is 17.2. The molecule has 2 aliphatic rings. The zero-order valence-electron chi connectivity index (χ0n) is 14.0. The standard InChI is InChI=1S/C18H25NO5/c1-23-18-7-6-14(20)10-16(18)19(9-8-18)11-13-2-4-15(5-3-13)24-12-17(21)22/h2-5,14,16,20H,6-12H2,1H3,(H,21,22)/t14-,16+,18-/m1/s1. The maximum absolute atomic E-state index is 10.5. The Labute approximate surface area is 142 Å². The van der Waals surface area contributed by atoms with E-state index in [-0.39, 0.29) is 24.4 Å². The van der Waals surface area contributed by atoms with Gasteiger partial charge in [0.2, 0.25) is 0 Å². The van der Waals surface area contributed by atoms with Crippen molar-refractivity contribution in [3.8, 4) is 5.75 Å². The van der Waals surface area contributed by atoms with Crippen molar-refractivity contribution in [2.24, 2.45) is 0 Å². The highest BCUT2D eigenvalue weighted by Crippen LogP contribution is 2.42.